The van der Waals surface area contributed by atoms with Crippen molar-refractivity contribution in [3.05, 3.63) is 59.4 Å². The van der Waals surface area contributed by atoms with Crippen LogP contribution in [0.15, 0.2) is 48.8 Å². The Morgan fingerprint density at radius 2 is 2.00 bits per heavy atom. The summed E-state index contributed by atoms with van der Waals surface area (Å²) in [7, 11) is 0. The summed E-state index contributed by atoms with van der Waals surface area (Å²) in [5.74, 6) is -0.320. The summed E-state index contributed by atoms with van der Waals surface area (Å²) in [5.41, 5.74) is 1.45. The number of rotatable bonds is 6. The third-order valence-corrected chi connectivity index (χ3v) is 3.74. The number of anilines is 1. The number of hydrogen-bond acceptors (Lipinski definition) is 3. The molecule has 1 heterocycles. The van der Waals surface area contributed by atoms with Crippen LogP contribution >= 0.6 is 11.6 Å². The molecule has 0 saturated heterocycles. The molecule has 0 saturated carbocycles. The number of pyridine rings is 1. The molecule has 7 heteroatoms. The summed E-state index contributed by atoms with van der Waals surface area (Å²) in [6, 6.07) is 9.36. The van der Waals surface area contributed by atoms with Crippen LogP contribution in [-0.2, 0) is 11.3 Å². The molecular weight excluding hydrogens is 340 g/mol. The van der Waals surface area contributed by atoms with E-state index in [-0.39, 0.29) is 11.8 Å². The fourth-order valence-electron chi connectivity index (χ4n) is 2.21. The van der Waals surface area contributed by atoms with Gasteiger partial charge in [-0.15, -0.1) is 0 Å². The SMILES string of the molecule is CC(C)[C@@H](NC(=O)Nc1cccc(Cl)c1)C(=O)NCc1cccnc1. The van der Waals surface area contributed by atoms with E-state index in [1.165, 1.54) is 0 Å². The van der Waals surface area contributed by atoms with Gasteiger partial charge in [0.1, 0.15) is 6.04 Å². The standard InChI is InChI=1S/C18H21ClN4O2/c1-12(2)16(17(24)21-11-13-5-4-8-20-10-13)23-18(25)22-15-7-3-6-14(19)9-15/h3-10,12,16H,11H2,1-2H3,(H,21,24)(H2,22,23,25)/t16-/m1/s1. The molecule has 2 rings (SSSR count). The number of carbonyl (C=O) groups excluding carboxylic acids is 2. The number of amides is 3. The molecule has 0 fully saturated rings. The van der Waals surface area contributed by atoms with Gasteiger partial charge in [-0.2, -0.15) is 0 Å². The first-order chi connectivity index (χ1) is 12.0. The molecule has 1 atom stereocenters. The number of urea groups is 1. The first-order valence-electron chi connectivity index (χ1n) is 7.95. The molecule has 0 aliphatic heterocycles. The van der Waals surface area contributed by atoms with Gasteiger partial charge in [-0.25, -0.2) is 4.79 Å². The van der Waals surface area contributed by atoms with Crippen molar-refractivity contribution in [1.29, 1.82) is 0 Å². The molecule has 0 aliphatic carbocycles. The maximum atomic E-state index is 12.4. The van der Waals surface area contributed by atoms with Crippen molar-refractivity contribution in [3.8, 4) is 0 Å². The highest BCUT2D eigenvalue weighted by molar-refractivity contribution is 6.30. The molecule has 6 nitrogen and oxygen atoms in total. The summed E-state index contributed by atoms with van der Waals surface area (Å²) >= 11 is 5.89. The van der Waals surface area contributed by atoms with Crippen molar-refractivity contribution >= 4 is 29.2 Å². The Kier molecular flexibility index (Phi) is 6.77. The number of aromatic nitrogens is 1. The molecule has 0 aliphatic rings. The topological polar surface area (TPSA) is 83.1 Å². The van der Waals surface area contributed by atoms with E-state index in [0.29, 0.717) is 17.3 Å². The number of halogens is 1. The molecule has 3 N–H and O–H groups in total. The van der Waals surface area contributed by atoms with Crippen LogP contribution in [0.25, 0.3) is 0 Å². The van der Waals surface area contributed by atoms with Gasteiger partial charge >= 0.3 is 6.03 Å². The van der Waals surface area contributed by atoms with Gasteiger partial charge in [0, 0.05) is 29.6 Å². The van der Waals surface area contributed by atoms with Crippen LogP contribution in [-0.4, -0.2) is 23.0 Å². The summed E-state index contributed by atoms with van der Waals surface area (Å²) in [4.78, 5) is 28.6. The zero-order chi connectivity index (χ0) is 18.2. The zero-order valence-corrected chi connectivity index (χ0v) is 14.9. The van der Waals surface area contributed by atoms with Gasteiger partial charge in [-0.05, 0) is 35.7 Å². The molecule has 3 amide bonds. The summed E-state index contributed by atoms with van der Waals surface area (Å²) < 4.78 is 0. The van der Waals surface area contributed by atoms with E-state index in [9.17, 15) is 9.59 Å². The molecule has 2 aromatic rings. The molecular formula is C18H21ClN4O2. The highest BCUT2D eigenvalue weighted by atomic mass is 35.5. The molecule has 1 aromatic carbocycles. The van der Waals surface area contributed by atoms with Crippen LogP contribution in [0.3, 0.4) is 0 Å². The normalized spacial score (nSPS) is 11.7. The van der Waals surface area contributed by atoms with Gasteiger partial charge in [0.2, 0.25) is 5.91 Å². The molecule has 0 bridgehead atoms. The van der Waals surface area contributed by atoms with Crippen LogP contribution in [0.2, 0.25) is 5.02 Å². The minimum atomic E-state index is -0.657. The largest absolute Gasteiger partial charge is 0.350 e. The van der Waals surface area contributed by atoms with Crippen molar-refractivity contribution in [3.63, 3.8) is 0 Å². The summed E-state index contributed by atoms with van der Waals surface area (Å²) in [6.45, 7) is 4.09. The monoisotopic (exact) mass is 360 g/mol. The third kappa shape index (κ3) is 6.08. The van der Waals surface area contributed by atoms with E-state index >= 15 is 0 Å². The fourth-order valence-corrected chi connectivity index (χ4v) is 2.40. The lowest BCUT2D eigenvalue weighted by molar-refractivity contribution is -0.124. The van der Waals surface area contributed by atoms with Gasteiger partial charge in [0.25, 0.3) is 0 Å². The third-order valence-electron chi connectivity index (χ3n) is 3.51. The Bertz CT molecular complexity index is 722. The highest BCUT2D eigenvalue weighted by Gasteiger charge is 2.24. The van der Waals surface area contributed by atoms with Crippen molar-refractivity contribution in [2.45, 2.75) is 26.4 Å². The maximum Gasteiger partial charge on any atom is 0.319 e. The lowest BCUT2D eigenvalue weighted by Gasteiger charge is -2.22. The second-order valence-corrected chi connectivity index (χ2v) is 6.35. The molecule has 0 unspecified atom stereocenters. The first kappa shape index (κ1) is 18.7. The molecule has 1 aromatic heterocycles. The summed E-state index contributed by atoms with van der Waals surface area (Å²) in [6.07, 6.45) is 3.36. The van der Waals surface area contributed by atoms with Crippen LogP contribution in [0, 0.1) is 5.92 Å². The van der Waals surface area contributed by atoms with Crippen molar-refractivity contribution in [1.82, 2.24) is 15.6 Å². The van der Waals surface area contributed by atoms with Crippen LogP contribution in [0.5, 0.6) is 0 Å². The predicted octanol–water partition coefficient (Wildman–Crippen LogP) is 3.20. The Balaban J connectivity index is 1.92. The van der Waals surface area contributed by atoms with Gasteiger partial charge in [-0.3, -0.25) is 9.78 Å². The van der Waals surface area contributed by atoms with E-state index in [2.05, 4.69) is 20.9 Å². The van der Waals surface area contributed by atoms with Crippen molar-refractivity contribution in [2.75, 3.05) is 5.32 Å². The Hall–Kier alpha value is -2.60. The second kappa shape index (κ2) is 9.03. The zero-order valence-electron chi connectivity index (χ0n) is 14.1. The van der Waals surface area contributed by atoms with E-state index in [4.69, 9.17) is 11.6 Å². The molecule has 25 heavy (non-hydrogen) atoms. The van der Waals surface area contributed by atoms with Crippen LogP contribution in [0.4, 0.5) is 10.5 Å². The summed E-state index contributed by atoms with van der Waals surface area (Å²) in [5, 5.41) is 8.71. The molecule has 132 valence electrons. The average molecular weight is 361 g/mol. The lowest BCUT2D eigenvalue weighted by atomic mass is 10.0. The number of benzene rings is 1. The predicted molar refractivity (Wildman–Crippen MR) is 98.3 cm³/mol. The number of hydrogen-bond donors (Lipinski definition) is 3. The Labute approximate surface area is 152 Å². The van der Waals surface area contributed by atoms with Crippen LogP contribution in [0.1, 0.15) is 19.4 Å². The van der Waals surface area contributed by atoms with Gasteiger partial charge in [0.05, 0.1) is 0 Å². The molecule has 0 spiro atoms. The maximum absolute atomic E-state index is 12.4. The second-order valence-electron chi connectivity index (χ2n) is 5.91. The smallest absolute Gasteiger partial charge is 0.319 e. The van der Waals surface area contributed by atoms with Crippen molar-refractivity contribution < 1.29 is 9.59 Å². The van der Waals surface area contributed by atoms with Crippen LogP contribution < -0.4 is 16.0 Å². The number of nitrogens with zero attached hydrogens (tertiary/aromatic N) is 1. The first-order valence-corrected chi connectivity index (χ1v) is 8.33. The number of carbonyl (C=O) groups is 2. The minimum Gasteiger partial charge on any atom is -0.350 e. The van der Waals surface area contributed by atoms with E-state index in [0.717, 1.165) is 5.56 Å². The Morgan fingerprint density at radius 3 is 2.64 bits per heavy atom. The van der Waals surface area contributed by atoms with Gasteiger partial charge in [0.15, 0.2) is 0 Å². The van der Waals surface area contributed by atoms with E-state index in [1.807, 2.05) is 19.9 Å². The van der Waals surface area contributed by atoms with Gasteiger partial charge in [-0.1, -0.05) is 37.6 Å². The average Bonchev–Trinajstić information content (AvgIpc) is 2.58. The number of nitrogens with one attached hydrogen (secondary N) is 3. The minimum absolute atomic E-state index is 0.0704. The van der Waals surface area contributed by atoms with E-state index < -0.39 is 12.1 Å². The lowest BCUT2D eigenvalue weighted by Crippen LogP contribution is -2.50. The van der Waals surface area contributed by atoms with E-state index in [1.54, 1.807) is 42.7 Å². The molecule has 0 radical (unpaired) electrons. The quantitative estimate of drug-likeness (QED) is 0.739. The highest BCUT2D eigenvalue weighted by Crippen LogP contribution is 2.15. The van der Waals surface area contributed by atoms with Gasteiger partial charge < -0.3 is 16.0 Å². The Morgan fingerprint density at radius 1 is 1.20 bits per heavy atom. The van der Waals surface area contributed by atoms with Crippen molar-refractivity contribution in [2.24, 2.45) is 5.92 Å². The fraction of sp³-hybridized carbons (Fsp3) is 0.278.